The van der Waals surface area contributed by atoms with Crippen molar-refractivity contribution < 1.29 is 67.9 Å². The Bertz CT molecular complexity index is 662. The largest absolute Gasteiger partial charge is 0.478 e. The summed E-state index contributed by atoms with van der Waals surface area (Å²) in [5.74, 6) is -2.51. The molecular weight excluding hydrogens is 763 g/mol. The number of allylic oxidation sites excluding steroid dienone is 3. The fraction of sp³-hybridized carbons (Fsp3) is 0.786. The van der Waals surface area contributed by atoms with Crippen molar-refractivity contribution in [2.24, 2.45) is 0 Å². The number of hydrogen-bond donors (Lipinski definition) is 3. The zero-order valence-electron chi connectivity index (χ0n) is 32.1. The SMILES string of the molecule is CCCCCCCCCCCC=CC(=O)O.CCCCCCCCCCCC=CC(=O)O.CCCCCCCCCCCC=CC(=O)O.[Dy]. The van der Waals surface area contributed by atoms with E-state index in [0.717, 1.165) is 38.5 Å². The van der Waals surface area contributed by atoms with E-state index in [1.165, 1.54) is 172 Å². The third kappa shape index (κ3) is 65.8. The van der Waals surface area contributed by atoms with E-state index < -0.39 is 17.9 Å². The molecule has 0 rings (SSSR count). The molecule has 0 aromatic heterocycles. The Morgan fingerprint density at radius 1 is 0.327 bits per heavy atom. The number of carbonyl (C=O) groups is 3. The molecular formula is C42H78DyO6. The maximum Gasteiger partial charge on any atom is 0.327 e. The maximum atomic E-state index is 10.2. The predicted molar refractivity (Wildman–Crippen MR) is 206 cm³/mol. The molecule has 0 saturated heterocycles. The molecule has 0 radical (unpaired) electrons. The molecule has 0 aromatic rings. The third-order valence-corrected chi connectivity index (χ3v) is 8.20. The van der Waals surface area contributed by atoms with Gasteiger partial charge in [0.2, 0.25) is 0 Å². The van der Waals surface area contributed by atoms with Gasteiger partial charge in [0, 0.05) is 56.4 Å². The van der Waals surface area contributed by atoms with Crippen molar-refractivity contribution in [1.29, 1.82) is 0 Å². The van der Waals surface area contributed by atoms with Gasteiger partial charge < -0.3 is 15.3 Å². The minimum atomic E-state index is -0.837. The standard InChI is InChI=1S/3C14H26O2.Dy/c3*1-2-3-4-5-6-7-8-9-10-11-12-13-14(15)16;/h3*12-13H,2-11H2,1H3,(H,15,16);. The molecule has 0 fully saturated rings. The van der Waals surface area contributed by atoms with Crippen LogP contribution in [0.25, 0.3) is 0 Å². The van der Waals surface area contributed by atoms with E-state index in [4.69, 9.17) is 15.3 Å². The summed E-state index contributed by atoms with van der Waals surface area (Å²) in [6, 6.07) is 0. The zero-order valence-corrected chi connectivity index (χ0v) is 34.1. The molecule has 7 heteroatoms. The Morgan fingerprint density at radius 3 is 0.653 bits per heavy atom. The van der Waals surface area contributed by atoms with Crippen LogP contribution in [-0.2, 0) is 14.4 Å². The van der Waals surface area contributed by atoms with Crippen LogP contribution < -0.4 is 0 Å². The fourth-order valence-corrected chi connectivity index (χ4v) is 5.27. The first-order chi connectivity index (χ1) is 23.3. The summed E-state index contributed by atoms with van der Waals surface area (Å²) >= 11 is 0. The van der Waals surface area contributed by atoms with E-state index in [0.29, 0.717) is 0 Å². The van der Waals surface area contributed by atoms with Crippen molar-refractivity contribution in [2.75, 3.05) is 0 Å². The molecule has 6 nitrogen and oxygen atoms in total. The average Bonchev–Trinajstić information content (AvgIpc) is 3.05. The molecule has 0 heterocycles. The Kier molecular flexibility index (Phi) is 57.2. The van der Waals surface area contributed by atoms with Gasteiger partial charge in [-0.3, -0.25) is 0 Å². The van der Waals surface area contributed by atoms with Gasteiger partial charge in [-0.25, -0.2) is 14.4 Å². The van der Waals surface area contributed by atoms with Crippen LogP contribution in [0.1, 0.15) is 213 Å². The number of carboxylic acid groups (broad SMARTS) is 3. The normalized spacial score (nSPS) is 10.8. The molecule has 0 aliphatic carbocycles. The summed E-state index contributed by atoms with van der Waals surface area (Å²) in [6.07, 6.45) is 47.2. The number of rotatable bonds is 33. The predicted octanol–water partition coefficient (Wildman–Crippen LogP) is 13.6. The Balaban J connectivity index is -0.000000307. The van der Waals surface area contributed by atoms with E-state index in [9.17, 15) is 14.4 Å². The van der Waals surface area contributed by atoms with E-state index in [1.54, 1.807) is 18.2 Å². The van der Waals surface area contributed by atoms with Gasteiger partial charge in [-0.1, -0.05) is 193 Å². The average molecular weight is 842 g/mol. The second-order valence-electron chi connectivity index (χ2n) is 13.1. The molecule has 292 valence electrons. The maximum absolute atomic E-state index is 10.2. The summed E-state index contributed by atoms with van der Waals surface area (Å²) < 4.78 is 0. The molecule has 0 saturated carbocycles. The van der Waals surface area contributed by atoms with Crippen molar-refractivity contribution in [3.8, 4) is 0 Å². The minimum absolute atomic E-state index is 0. The van der Waals surface area contributed by atoms with Gasteiger partial charge in [-0.15, -0.1) is 0 Å². The van der Waals surface area contributed by atoms with E-state index in [2.05, 4.69) is 20.8 Å². The Morgan fingerprint density at radius 2 is 0.490 bits per heavy atom. The van der Waals surface area contributed by atoms with Crippen LogP contribution in [-0.4, -0.2) is 33.2 Å². The van der Waals surface area contributed by atoms with Crippen LogP contribution in [0.5, 0.6) is 0 Å². The number of aliphatic carboxylic acids is 3. The topological polar surface area (TPSA) is 112 Å². The molecule has 0 bridgehead atoms. The van der Waals surface area contributed by atoms with Gasteiger partial charge in [0.1, 0.15) is 0 Å². The monoisotopic (exact) mass is 843 g/mol. The summed E-state index contributed by atoms with van der Waals surface area (Å²) in [4.78, 5) is 30.5. The number of hydrogen-bond acceptors (Lipinski definition) is 3. The molecule has 0 atom stereocenters. The summed E-state index contributed by atoms with van der Waals surface area (Å²) in [5.41, 5.74) is 0. The van der Waals surface area contributed by atoms with Crippen molar-refractivity contribution >= 4 is 17.9 Å². The first kappa shape index (κ1) is 54.7. The summed E-state index contributed by atoms with van der Waals surface area (Å²) in [5, 5.41) is 25.1. The molecule has 49 heavy (non-hydrogen) atoms. The van der Waals surface area contributed by atoms with E-state index >= 15 is 0 Å². The molecule has 0 aliphatic rings. The summed E-state index contributed by atoms with van der Waals surface area (Å²) in [6.45, 7) is 6.72. The van der Waals surface area contributed by atoms with Crippen LogP contribution in [0.4, 0.5) is 0 Å². The van der Waals surface area contributed by atoms with E-state index in [1.807, 2.05) is 0 Å². The van der Waals surface area contributed by atoms with Crippen LogP contribution in [0, 0.1) is 38.2 Å². The van der Waals surface area contributed by atoms with Gasteiger partial charge in [0.15, 0.2) is 0 Å². The summed E-state index contributed by atoms with van der Waals surface area (Å²) in [7, 11) is 0. The smallest absolute Gasteiger partial charge is 0.327 e. The van der Waals surface area contributed by atoms with Crippen molar-refractivity contribution in [3.05, 3.63) is 36.5 Å². The van der Waals surface area contributed by atoms with Gasteiger partial charge >= 0.3 is 17.9 Å². The third-order valence-electron chi connectivity index (χ3n) is 8.20. The number of carboxylic acids is 3. The first-order valence-electron chi connectivity index (χ1n) is 20.0. The Hall–Kier alpha value is -1.10. The van der Waals surface area contributed by atoms with Crippen LogP contribution in [0.2, 0.25) is 0 Å². The molecule has 0 aliphatic heterocycles. The van der Waals surface area contributed by atoms with E-state index in [-0.39, 0.29) is 38.2 Å². The van der Waals surface area contributed by atoms with Gasteiger partial charge in [0.05, 0.1) is 0 Å². The van der Waals surface area contributed by atoms with Crippen LogP contribution in [0.3, 0.4) is 0 Å². The molecule has 0 amide bonds. The van der Waals surface area contributed by atoms with Gasteiger partial charge in [-0.05, 0) is 38.5 Å². The molecule has 0 unspecified atom stereocenters. The van der Waals surface area contributed by atoms with Crippen molar-refractivity contribution in [1.82, 2.24) is 0 Å². The minimum Gasteiger partial charge on any atom is -0.478 e. The van der Waals surface area contributed by atoms with Gasteiger partial charge in [0.25, 0.3) is 0 Å². The Labute approximate surface area is 333 Å². The second kappa shape index (κ2) is 51.3. The number of unbranched alkanes of at least 4 members (excludes halogenated alkanes) is 27. The second-order valence-corrected chi connectivity index (χ2v) is 13.1. The van der Waals surface area contributed by atoms with Crippen molar-refractivity contribution in [3.63, 3.8) is 0 Å². The quantitative estimate of drug-likeness (QED) is 0.0448. The van der Waals surface area contributed by atoms with Crippen LogP contribution in [0.15, 0.2) is 36.5 Å². The molecule has 0 spiro atoms. The fourth-order valence-electron chi connectivity index (χ4n) is 5.27. The molecule has 3 N–H and O–H groups in total. The first-order valence-corrected chi connectivity index (χ1v) is 20.0. The van der Waals surface area contributed by atoms with Gasteiger partial charge in [-0.2, -0.15) is 0 Å². The molecule has 0 aromatic carbocycles. The van der Waals surface area contributed by atoms with Crippen molar-refractivity contribution in [2.45, 2.75) is 213 Å². The zero-order chi connectivity index (χ0) is 36.2. The van der Waals surface area contributed by atoms with Crippen LogP contribution >= 0.6 is 0 Å².